The molecule has 0 radical (unpaired) electrons. The number of aromatic nitrogens is 2. The molecule has 0 aliphatic rings. The molecule has 17 heavy (non-hydrogen) atoms. The third-order valence-corrected chi connectivity index (χ3v) is 3.07. The van der Waals surface area contributed by atoms with Crippen LogP contribution in [-0.4, -0.2) is 9.38 Å². The Labute approximate surface area is 98.9 Å². The number of aryl methyl sites for hydroxylation is 2. The van der Waals surface area contributed by atoms with Crippen molar-refractivity contribution in [2.75, 3.05) is 0 Å². The SMILES string of the molecule is Cc1cc(C)c2c3ccncc3c(C#N)n2c1. The van der Waals surface area contributed by atoms with E-state index in [1.807, 2.05) is 23.6 Å². The van der Waals surface area contributed by atoms with Crippen LogP contribution >= 0.6 is 0 Å². The smallest absolute Gasteiger partial charge is 0.134 e. The van der Waals surface area contributed by atoms with Crippen LogP contribution in [0.3, 0.4) is 0 Å². The number of fused-ring (bicyclic) bond motifs is 3. The topological polar surface area (TPSA) is 41.1 Å². The molecule has 0 bridgehead atoms. The van der Waals surface area contributed by atoms with E-state index in [4.69, 9.17) is 0 Å². The summed E-state index contributed by atoms with van der Waals surface area (Å²) in [6, 6.07) is 6.37. The molecule has 82 valence electrons. The maximum Gasteiger partial charge on any atom is 0.134 e. The van der Waals surface area contributed by atoms with Crippen molar-refractivity contribution >= 4 is 16.3 Å². The molecular formula is C14H11N3. The van der Waals surface area contributed by atoms with Gasteiger partial charge < -0.3 is 4.40 Å². The fourth-order valence-electron chi connectivity index (χ4n) is 2.46. The Balaban J connectivity index is 2.69. The summed E-state index contributed by atoms with van der Waals surface area (Å²) in [5.74, 6) is 0. The Bertz CT molecular complexity index is 775. The first-order valence-electron chi connectivity index (χ1n) is 5.47. The van der Waals surface area contributed by atoms with Crippen LogP contribution in [0.15, 0.2) is 30.7 Å². The van der Waals surface area contributed by atoms with Gasteiger partial charge in [-0.1, -0.05) is 6.07 Å². The van der Waals surface area contributed by atoms with Gasteiger partial charge in [0.1, 0.15) is 11.8 Å². The second-order valence-electron chi connectivity index (χ2n) is 4.30. The molecule has 0 amide bonds. The van der Waals surface area contributed by atoms with Gasteiger partial charge in [-0.25, -0.2) is 0 Å². The van der Waals surface area contributed by atoms with Crippen molar-refractivity contribution in [1.82, 2.24) is 9.38 Å². The molecule has 3 aromatic heterocycles. The first-order chi connectivity index (χ1) is 8.22. The lowest BCUT2D eigenvalue weighted by Gasteiger charge is -2.02. The number of nitrogens with zero attached hydrogens (tertiary/aromatic N) is 3. The quantitative estimate of drug-likeness (QED) is 0.585. The van der Waals surface area contributed by atoms with E-state index in [0.717, 1.165) is 21.9 Å². The van der Waals surface area contributed by atoms with E-state index >= 15 is 0 Å². The molecule has 0 N–H and O–H groups in total. The minimum atomic E-state index is 0.662. The van der Waals surface area contributed by atoms with E-state index in [2.05, 4.69) is 24.0 Å². The predicted octanol–water partition coefficient (Wildman–Crippen LogP) is 2.98. The molecule has 0 atom stereocenters. The van der Waals surface area contributed by atoms with E-state index in [9.17, 15) is 5.26 Å². The van der Waals surface area contributed by atoms with Crippen LogP contribution in [0.25, 0.3) is 16.3 Å². The Hall–Kier alpha value is -2.34. The predicted molar refractivity (Wildman–Crippen MR) is 66.9 cm³/mol. The zero-order valence-corrected chi connectivity index (χ0v) is 9.73. The molecular weight excluding hydrogens is 210 g/mol. The van der Waals surface area contributed by atoms with Gasteiger partial charge in [0.15, 0.2) is 0 Å². The number of rotatable bonds is 0. The lowest BCUT2D eigenvalue weighted by molar-refractivity contribution is 1.13. The average Bonchev–Trinajstić information content (AvgIpc) is 2.62. The monoisotopic (exact) mass is 221 g/mol. The number of pyridine rings is 2. The largest absolute Gasteiger partial charge is 0.307 e. The summed E-state index contributed by atoms with van der Waals surface area (Å²) >= 11 is 0. The lowest BCUT2D eigenvalue weighted by atomic mass is 10.1. The number of nitriles is 1. The molecule has 0 unspecified atom stereocenters. The maximum absolute atomic E-state index is 9.31. The Morgan fingerprint density at radius 1 is 1.29 bits per heavy atom. The minimum absolute atomic E-state index is 0.662. The minimum Gasteiger partial charge on any atom is -0.307 e. The van der Waals surface area contributed by atoms with Gasteiger partial charge in [-0.15, -0.1) is 0 Å². The number of hydrogen-bond donors (Lipinski definition) is 0. The molecule has 0 saturated heterocycles. The van der Waals surface area contributed by atoms with Gasteiger partial charge in [0.25, 0.3) is 0 Å². The summed E-state index contributed by atoms with van der Waals surface area (Å²) in [6.07, 6.45) is 5.53. The van der Waals surface area contributed by atoms with Crippen molar-refractivity contribution < 1.29 is 0 Å². The van der Waals surface area contributed by atoms with Crippen molar-refractivity contribution in [2.24, 2.45) is 0 Å². The van der Waals surface area contributed by atoms with E-state index in [-0.39, 0.29) is 0 Å². The normalized spacial score (nSPS) is 10.9. The first kappa shape index (κ1) is 9.86. The van der Waals surface area contributed by atoms with Crippen LogP contribution < -0.4 is 0 Å². The van der Waals surface area contributed by atoms with E-state index in [1.54, 1.807) is 12.4 Å². The third-order valence-electron chi connectivity index (χ3n) is 3.07. The summed E-state index contributed by atoms with van der Waals surface area (Å²) in [6.45, 7) is 4.11. The van der Waals surface area contributed by atoms with Gasteiger partial charge in [-0.05, 0) is 31.0 Å². The molecule has 3 nitrogen and oxygen atoms in total. The van der Waals surface area contributed by atoms with Gasteiger partial charge in [-0.2, -0.15) is 5.26 Å². The molecule has 3 heteroatoms. The molecule has 0 aliphatic heterocycles. The third kappa shape index (κ3) is 1.24. The van der Waals surface area contributed by atoms with Crippen molar-refractivity contribution in [3.05, 3.63) is 47.5 Å². The highest BCUT2D eigenvalue weighted by Crippen LogP contribution is 2.28. The summed E-state index contributed by atoms with van der Waals surface area (Å²) in [7, 11) is 0. The van der Waals surface area contributed by atoms with Crippen LogP contribution in [0.1, 0.15) is 16.8 Å². The molecule has 0 spiro atoms. The Morgan fingerprint density at radius 3 is 2.88 bits per heavy atom. The van der Waals surface area contributed by atoms with Crippen LogP contribution in [0.2, 0.25) is 0 Å². The highest BCUT2D eigenvalue weighted by molar-refractivity contribution is 6.01. The van der Waals surface area contributed by atoms with Crippen LogP contribution in [0, 0.1) is 25.2 Å². The molecule has 0 aromatic carbocycles. The van der Waals surface area contributed by atoms with Crippen molar-refractivity contribution in [3.8, 4) is 6.07 Å². The molecule has 3 heterocycles. The summed E-state index contributed by atoms with van der Waals surface area (Å²) < 4.78 is 1.97. The van der Waals surface area contributed by atoms with Crippen LogP contribution in [0.5, 0.6) is 0 Å². The molecule has 3 rings (SSSR count). The van der Waals surface area contributed by atoms with Crippen LogP contribution in [-0.2, 0) is 0 Å². The van der Waals surface area contributed by atoms with Gasteiger partial charge in [0.2, 0.25) is 0 Å². The fourth-order valence-corrected chi connectivity index (χ4v) is 2.46. The van der Waals surface area contributed by atoms with Crippen molar-refractivity contribution in [1.29, 1.82) is 5.26 Å². The number of hydrogen-bond acceptors (Lipinski definition) is 2. The van der Waals surface area contributed by atoms with Gasteiger partial charge in [0.05, 0.1) is 5.52 Å². The average molecular weight is 221 g/mol. The van der Waals surface area contributed by atoms with Crippen molar-refractivity contribution in [3.63, 3.8) is 0 Å². The summed E-state index contributed by atoms with van der Waals surface area (Å²) in [5, 5.41) is 11.3. The van der Waals surface area contributed by atoms with E-state index < -0.39 is 0 Å². The fraction of sp³-hybridized carbons (Fsp3) is 0.143. The van der Waals surface area contributed by atoms with Crippen molar-refractivity contribution in [2.45, 2.75) is 13.8 Å². The molecule has 0 fully saturated rings. The van der Waals surface area contributed by atoms with Crippen LogP contribution in [0.4, 0.5) is 0 Å². The zero-order chi connectivity index (χ0) is 12.0. The second-order valence-corrected chi connectivity index (χ2v) is 4.30. The molecule has 0 aliphatic carbocycles. The standard InChI is InChI=1S/C14H11N3/c1-9-5-10(2)14-11-3-4-16-7-12(11)13(6-15)17(14)8-9/h3-5,7-8H,1-2H3. The van der Waals surface area contributed by atoms with E-state index in [1.165, 1.54) is 5.56 Å². The Morgan fingerprint density at radius 2 is 2.12 bits per heavy atom. The second kappa shape index (κ2) is 3.33. The maximum atomic E-state index is 9.31. The van der Waals surface area contributed by atoms with E-state index in [0.29, 0.717) is 5.69 Å². The molecule has 3 aromatic rings. The Kier molecular flexibility index (Phi) is 1.93. The highest BCUT2D eigenvalue weighted by Gasteiger charge is 2.12. The molecule has 0 saturated carbocycles. The first-order valence-corrected chi connectivity index (χ1v) is 5.47. The summed E-state index contributed by atoms with van der Waals surface area (Å²) in [5.41, 5.74) is 4.10. The lowest BCUT2D eigenvalue weighted by Crippen LogP contribution is -1.91. The van der Waals surface area contributed by atoms with Gasteiger partial charge >= 0.3 is 0 Å². The van der Waals surface area contributed by atoms with Gasteiger partial charge in [-0.3, -0.25) is 4.98 Å². The summed E-state index contributed by atoms with van der Waals surface area (Å²) in [4.78, 5) is 4.10. The highest BCUT2D eigenvalue weighted by atomic mass is 14.9. The zero-order valence-electron chi connectivity index (χ0n) is 9.73. The van der Waals surface area contributed by atoms with Gasteiger partial charge in [0, 0.05) is 29.4 Å².